The van der Waals surface area contributed by atoms with E-state index in [2.05, 4.69) is 32.3 Å². The van der Waals surface area contributed by atoms with E-state index >= 15 is 0 Å². The van der Waals surface area contributed by atoms with Crippen LogP contribution in [0.15, 0.2) is 60.7 Å². The van der Waals surface area contributed by atoms with Crippen molar-refractivity contribution in [1.29, 1.82) is 0 Å². The van der Waals surface area contributed by atoms with Crippen molar-refractivity contribution in [1.82, 2.24) is 14.6 Å². The topological polar surface area (TPSA) is 98.4 Å². The molecule has 1 atom stereocenters. The lowest BCUT2D eigenvalue weighted by atomic mass is 9.92. The minimum atomic E-state index is -4.57. The Bertz CT molecular complexity index is 1920. The van der Waals surface area contributed by atoms with Gasteiger partial charge in [0.25, 0.3) is 0 Å². The lowest BCUT2D eigenvalue weighted by Crippen LogP contribution is -2.46. The zero-order valence-corrected chi connectivity index (χ0v) is 30.5. The number of aromatic nitrogens is 3. The summed E-state index contributed by atoms with van der Waals surface area (Å²) in [5.74, 6) is 0.0898. The summed E-state index contributed by atoms with van der Waals surface area (Å²) in [6.45, 7) is 19.5. The zero-order chi connectivity index (χ0) is 37.5. The standard InChI is InChI=1S/C39H47F3N4O5/c1-23(2)24(3)22-50-38(8)15-17-45(18-16-38)35-33(34(36(48)49-9)51-37(5,6)7)25(4)43-32-21-30(44-46(32)35)27-12-10-11-26(19-27)29-20-28(39(40,41)42)13-14-31(29)47/h10-14,19-21,23,34,47H,3,15-18,22H2,1-2,4-9H3. The Morgan fingerprint density at radius 3 is 2.33 bits per heavy atom. The van der Waals surface area contributed by atoms with E-state index in [0.29, 0.717) is 78.0 Å². The molecular weight excluding hydrogens is 661 g/mol. The number of anilines is 1. The summed E-state index contributed by atoms with van der Waals surface area (Å²) in [5, 5.41) is 15.5. The van der Waals surface area contributed by atoms with E-state index in [-0.39, 0.29) is 16.9 Å². The highest BCUT2D eigenvalue weighted by Crippen LogP contribution is 2.40. The number of carbonyl (C=O) groups is 1. The summed E-state index contributed by atoms with van der Waals surface area (Å²) < 4.78 is 60.3. The van der Waals surface area contributed by atoms with Crippen molar-refractivity contribution in [2.75, 3.05) is 31.7 Å². The Balaban J connectivity index is 1.62. The van der Waals surface area contributed by atoms with Crippen LogP contribution in [0.1, 0.15) is 77.3 Å². The molecule has 2 aromatic carbocycles. The number of rotatable bonds is 10. The number of piperidine rings is 1. The second-order valence-electron chi connectivity index (χ2n) is 14.7. The highest BCUT2D eigenvalue weighted by atomic mass is 19.4. The summed E-state index contributed by atoms with van der Waals surface area (Å²) >= 11 is 0. The molecule has 2 aromatic heterocycles. The minimum absolute atomic E-state index is 0.0446. The molecule has 1 saturated heterocycles. The number of alkyl halides is 3. The molecule has 5 rings (SSSR count). The number of hydrogen-bond acceptors (Lipinski definition) is 8. The number of fused-ring (bicyclic) bond motifs is 1. The predicted molar refractivity (Wildman–Crippen MR) is 191 cm³/mol. The van der Waals surface area contributed by atoms with Gasteiger partial charge in [0.15, 0.2) is 11.8 Å². The third-order valence-electron chi connectivity index (χ3n) is 9.29. The van der Waals surface area contributed by atoms with Crippen LogP contribution in [-0.2, 0) is 25.2 Å². The van der Waals surface area contributed by atoms with Crippen LogP contribution < -0.4 is 4.90 Å². The molecule has 0 radical (unpaired) electrons. The van der Waals surface area contributed by atoms with Crippen LogP contribution in [-0.4, -0.2) is 63.7 Å². The third kappa shape index (κ3) is 8.39. The molecule has 1 aliphatic heterocycles. The van der Waals surface area contributed by atoms with E-state index < -0.39 is 29.4 Å². The maximum absolute atomic E-state index is 13.5. The zero-order valence-electron chi connectivity index (χ0n) is 30.5. The first-order valence-corrected chi connectivity index (χ1v) is 17.0. The van der Waals surface area contributed by atoms with E-state index in [1.165, 1.54) is 7.11 Å². The van der Waals surface area contributed by atoms with Gasteiger partial charge in [-0.3, -0.25) is 0 Å². The molecule has 4 aromatic rings. The van der Waals surface area contributed by atoms with E-state index in [4.69, 9.17) is 24.3 Å². The van der Waals surface area contributed by atoms with Gasteiger partial charge in [-0.15, -0.1) is 0 Å². The van der Waals surface area contributed by atoms with Crippen LogP contribution in [0, 0.1) is 12.8 Å². The largest absolute Gasteiger partial charge is 0.507 e. The Morgan fingerprint density at radius 2 is 1.73 bits per heavy atom. The quantitative estimate of drug-likeness (QED) is 0.129. The maximum Gasteiger partial charge on any atom is 0.416 e. The molecule has 9 nitrogen and oxygen atoms in total. The smallest absolute Gasteiger partial charge is 0.416 e. The van der Waals surface area contributed by atoms with Crippen LogP contribution in [0.2, 0.25) is 0 Å². The molecule has 0 aliphatic carbocycles. The number of phenols is 1. The number of aromatic hydroxyl groups is 1. The number of nitrogens with zero attached hydrogens (tertiary/aromatic N) is 4. The van der Waals surface area contributed by atoms with E-state index in [0.717, 1.165) is 23.8 Å². The van der Waals surface area contributed by atoms with Crippen LogP contribution in [0.5, 0.6) is 5.75 Å². The Hall–Kier alpha value is -4.42. The number of phenolic OH excluding ortho intramolecular Hbond substituents is 1. The number of halogens is 3. The third-order valence-corrected chi connectivity index (χ3v) is 9.29. The maximum atomic E-state index is 13.5. The lowest BCUT2D eigenvalue weighted by molar-refractivity contribution is -0.164. The molecule has 3 heterocycles. The van der Waals surface area contributed by atoms with Gasteiger partial charge in [0.1, 0.15) is 11.6 Å². The molecule has 12 heteroatoms. The van der Waals surface area contributed by atoms with Gasteiger partial charge < -0.3 is 24.2 Å². The van der Waals surface area contributed by atoms with E-state index in [1.54, 1.807) is 34.8 Å². The molecule has 0 bridgehead atoms. The highest BCUT2D eigenvalue weighted by Gasteiger charge is 2.38. The van der Waals surface area contributed by atoms with Gasteiger partial charge >= 0.3 is 12.1 Å². The van der Waals surface area contributed by atoms with Crippen LogP contribution in [0.4, 0.5) is 19.0 Å². The summed E-state index contributed by atoms with van der Waals surface area (Å²) in [6.07, 6.45) is -4.29. The normalized spacial score (nSPS) is 15.7. The molecule has 1 N–H and O–H groups in total. The number of esters is 1. The van der Waals surface area contributed by atoms with Crippen LogP contribution >= 0.6 is 0 Å². The van der Waals surface area contributed by atoms with E-state index in [1.807, 2.05) is 27.7 Å². The monoisotopic (exact) mass is 708 g/mol. The second kappa shape index (κ2) is 14.3. The lowest BCUT2D eigenvalue weighted by Gasteiger charge is -2.41. The Kier molecular flexibility index (Phi) is 10.6. The molecule has 274 valence electrons. The minimum Gasteiger partial charge on any atom is -0.507 e. The molecule has 1 fully saturated rings. The van der Waals surface area contributed by atoms with Crippen LogP contribution in [0.3, 0.4) is 0 Å². The Labute approximate surface area is 297 Å². The summed E-state index contributed by atoms with van der Waals surface area (Å²) in [6, 6.07) is 11.4. The molecule has 0 saturated carbocycles. The first-order chi connectivity index (χ1) is 23.8. The summed E-state index contributed by atoms with van der Waals surface area (Å²) in [7, 11) is 1.32. The fraction of sp³-hybridized carbons (Fsp3) is 0.462. The van der Waals surface area contributed by atoms with Crippen molar-refractivity contribution in [3.63, 3.8) is 0 Å². The van der Waals surface area contributed by atoms with Crippen molar-refractivity contribution in [2.45, 2.75) is 84.8 Å². The predicted octanol–water partition coefficient (Wildman–Crippen LogP) is 8.71. The molecule has 1 aliphatic rings. The van der Waals surface area contributed by atoms with Crippen molar-refractivity contribution in [2.24, 2.45) is 5.92 Å². The fourth-order valence-corrected chi connectivity index (χ4v) is 6.11. The van der Waals surface area contributed by atoms with Gasteiger partial charge in [0.2, 0.25) is 0 Å². The van der Waals surface area contributed by atoms with E-state index in [9.17, 15) is 23.1 Å². The summed E-state index contributed by atoms with van der Waals surface area (Å²) in [5.41, 5.74) is 2.19. The summed E-state index contributed by atoms with van der Waals surface area (Å²) in [4.78, 5) is 20.4. The number of methoxy groups -OCH3 is 1. The van der Waals surface area contributed by atoms with Crippen molar-refractivity contribution in [3.05, 3.63) is 77.5 Å². The van der Waals surface area contributed by atoms with Crippen LogP contribution in [0.25, 0.3) is 28.0 Å². The van der Waals surface area contributed by atoms with Gasteiger partial charge in [-0.05, 0) is 88.8 Å². The van der Waals surface area contributed by atoms with Crippen molar-refractivity contribution in [3.8, 4) is 28.1 Å². The molecule has 0 spiro atoms. The average Bonchev–Trinajstić information content (AvgIpc) is 3.49. The molecule has 1 unspecified atom stereocenters. The Morgan fingerprint density at radius 1 is 1.06 bits per heavy atom. The fourth-order valence-electron chi connectivity index (χ4n) is 6.11. The molecule has 0 amide bonds. The average molecular weight is 709 g/mol. The van der Waals surface area contributed by atoms with Gasteiger partial charge in [-0.2, -0.15) is 22.8 Å². The second-order valence-corrected chi connectivity index (χ2v) is 14.7. The van der Waals surface area contributed by atoms with Gasteiger partial charge in [0, 0.05) is 36.0 Å². The van der Waals surface area contributed by atoms with Crippen molar-refractivity contribution >= 4 is 17.4 Å². The first kappa shape index (κ1) is 37.8. The number of benzene rings is 2. The number of aryl methyl sites for hydroxylation is 1. The number of ether oxygens (including phenoxy) is 3. The first-order valence-electron chi connectivity index (χ1n) is 17.0. The number of carbonyl (C=O) groups excluding carboxylic acids is 1. The van der Waals surface area contributed by atoms with Gasteiger partial charge in [-0.1, -0.05) is 38.6 Å². The van der Waals surface area contributed by atoms with Gasteiger partial charge in [0.05, 0.1) is 41.7 Å². The van der Waals surface area contributed by atoms with Crippen molar-refractivity contribution < 1.29 is 37.3 Å². The highest BCUT2D eigenvalue weighted by molar-refractivity contribution is 5.81. The number of hydrogen-bond donors (Lipinski definition) is 1. The van der Waals surface area contributed by atoms with Gasteiger partial charge in [-0.25, -0.2) is 9.78 Å². The SMILES string of the molecule is C=C(COC1(C)CCN(c2c(C(OC(C)(C)C)C(=O)OC)c(C)nc3cc(-c4cccc(-c5cc(C(F)(F)F)ccc5O)c4)nn23)CC1)C(C)C. The molecular formula is C39H47F3N4O5. The molecule has 51 heavy (non-hydrogen) atoms.